The normalized spacial score (nSPS) is 12.9. The molecule has 386 valence electrons. The first kappa shape index (κ1) is 50.0. The van der Waals surface area contributed by atoms with Gasteiger partial charge in [-0.1, -0.05) is 156 Å². The number of nitrogens with zero attached hydrogens (tertiary/aromatic N) is 2. The molecule has 0 aliphatic heterocycles. The summed E-state index contributed by atoms with van der Waals surface area (Å²) in [4.78, 5) is 0. The van der Waals surface area contributed by atoms with Gasteiger partial charge in [-0.15, -0.1) is 22.7 Å². The molecule has 13 rings (SSSR count). The topological polar surface area (TPSA) is 9.86 Å². The van der Waals surface area contributed by atoms with Crippen molar-refractivity contribution >= 4 is 86.5 Å². The van der Waals surface area contributed by atoms with Crippen LogP contribution in [0.25, 0.3) is 120 Å². The number of aromatic nitrogens is 2. The van der Waals surface area contributed by atoms with Gasteiger partial charge in [0.15, 0.2) is 0 Å². The summed E-state index contributed by atoms with van der Waals surface area (Å²) >= 11 is 3.62. The van der Waals surface area contributed by atoms with Crippen molar-refractivity contribution in [3.05, 3.63) is 215 Å². The molecule has 4 aromatic heterocycles. The average molecular weight is 1050 g/mol. The Labute approximate surface area is 468 Å². The number of fused-ring (bicyclic) bond motifs is 8. The fraction of sp³-hybridized carbons (Fsp3) is 0.216. The Hall–Kier alpha value is -7.50. The Balaban J connectivity index is 0.996. The van der Waals surface area contributed by atoms with Crippen molar-refractivity contribution in [3.63, 3.8) is 0 Å². The van der Waals surface area contributed by atoms with E-state index < -0.39 is 0 Å². The summed E-state index contributed by atoms with van der Waals surface area (Å²) in [5.74, 6) is 0. The van der Waals surface area contributed by atoms with Gasteiger partial charge in [-0.25, -0.2) is 0 Å². The van der Waals surface area contributed by atoms with Gasteiger partial charge in [-0.2, -0.15) is 0 Å². The fourth-order valence-electron chi connectivity index (χ4n) is 11.8. The van der Waals surface area contributed by atoms with Crippen molar-refractivity contribution in [1.29, 1.82) is 0 Å². The molecule has 0 fully saturated rings. The van der Waals surface area contributed by atoms with Gasteiger partial charge in [0.25, 0.3) is 0 Å². The molecular weight excluding hydrogens is 981 g/mol. The largest absolute Gasteiger partial charge is 0.309 e. The van der Waals surface area contributed by atoms with Crippen LogP contribution in [0, 0.1) is 0 Å². The molecule has 0 N–H and O–H groups in total. The monoisotopic (exact) mass is 1050 g/mol. The zero-order valence-corrected chi connectivity index (χ0v) is 48.8. The molecule has 0 bridgehead atoms. The van der Waals surface area contributed by atoms with Crippen LogP contribution < -0.4 is 0 Å². The second-order valence-corrected chi connectivity index (χ2v) is 27.9. The summed E-state index contributed by atoms with van der Waals surface area (Å²) in [7, 11) is 0. The highest BCUT2D eigenvalue weighted by molar-refractivity contribution is 7.17. The average Bonchev–Trinajstić information content (AvgIpc) is 4.25. The van der Waals surface area contributed by atoms with Gasteiger partial charge in [0.1, 0.15) is 0 Å². The molecule has 0 saturated heterocycles. The molecule has 2 nitrogen and oxygen atoms in total. The summed E-state index contributed by atoms with van der Waals surface area (Å²) in [6.45, 7) is 27.7. The molecule has 0 unspecified atom stereocenters. The van der Waals surface area contributed by atoms with E-state index in [0.717, 1.165) is 11.4 Å². The van der Waals surface area contributed by atoms with Crippen LogP contribution in [0.4, 0.5) is 0 Å². The molecule has 0 radical (unpaired) electrons. The highest BCUT2D eigenvalue weighted by Crippen LogP contribution is 2.46. The molecule has 78 heavy (non-hydrogen) atoms. The number of rotatable bonds is 6. The van der Waals surface area contributed by atoms with Gasteiger partial charge in [-0.3, -0.25) is 0 Å². The minimum absolute atomic E-state index is 0.0342. The lowest BCUT2D eigenvalue weighted by atomic mass is 9.85. The van der Waals surface area contributed by atoms with Crippen molar-refractivity contribution in [2.45, 2.75) is 105 Å². The van der Waals surface area contributed by atoms with Gasteiger partial charge < -0.3 is 9.13 Å². The first-order valence-electron chi connectivity index (χ1n) is 27.7. The first-order valence-corrected chi connectivity index (χ1v) is 29.5. The zero-order chi connectivity index (χ0) is 54.2. The number of benzene rings is 9. The first-order chi connectivity index (χ1) is 37.2. The van der Waals surface area contributed by atoms with E-state index in [1.54, 1.807) is 0 Å². The highest BCUT2D eigenvalue weighted by atomic mass is 32.1. The Morgan fingerprint density at radius 3 is 0.846 bits per heavy atom. The predicted molar refractivity (Wildman–Crippen MR) is 342 cm³/mol. The Bertz CT molecular complexity index is 4070. The smallest absolute Gasteiger partial charge is 0.0541 e. The Kier molecular flexibility index (Phi) is 11.6. The van der Waals surface area contributed by atoms with Crippen LogP contribution in [0.1, 0.15) is 105 Å². The van der Waals surface area contributed by atoms with Crippen LogP contribution in [0.5, 0.6) is 0 Å². The molecule has 0 aliphatic carbocycles. The lowest BCUT2D eigenvalue weighted by molar-refractivity contribution is 0.590. The van der Waals surface area contributed by atoms with Crippen LogP contribution in [0.3, 0.4) is 0 Å². The second kappa shape index (κ2) is 18.0. The van der Waals surface area contributed by atoms with Crippen LogP contribution in [-0.4, -0.2) is 9.13 Å². The zero-order valence-electron chi connectivity index (χ0n) is 47.2. The van der Waals surface area contributed by atoms with Crippen LogP contribution in [0.15, 0.2) is 193 Å². The van der Waals surface area contributed by atoms with Crippen LogP contribution in [-0.2, 0) is 21.7 Å². The predicted octanol–water partition coefficient (Wildman–Crippen LogP) is 22.2. The molecule has 0 saturated carbocycles. The summed E-state index contributed by atoms with van der Waals surface area (Å²) < 4.78 is 7.52. The standard InChI is InChI=1S/C74H68N2S2/c1-71(2,3)51-21-29-65-61(39-51)62-40-52(72(4,5)6)22-30-66(62)75(65)55-25-17-45(18-26-55)57-43-60(50-16-14-48-34-36-78-70(48)38-50)58(44-59(57)49-15-13-47-33-35-77-69(47)37-49)46-19-27-56(28-20-46)76-67-31-23-53(73(7,8)9)41-63(67)64-42-54(74(10,11)12)24-32-68(64)76/h13-44H,1-12H3. The molecule has 0 amide bonds. The maximum absolute atomic E-state index is 2.48. The Morgan fingerprint density at radius 2 is 0.551 bits per heavy atom. The molecule has 0 aliphatic rings. The summed E-state index contributed by atoms with van der Waals surface area (Å²) in [5.41, 5.74) is 22.4. The van der Waals surface area contributed by atoms with E-state index in [0.29, 0.717) is 0 Å². The molecule has 0 atom stereocenters. The highest BCUT2D eigenvalue weighted by Gasteiger charge is 2.25. The molecule has 13 aromatic rings. The van der Waals surface area contributed by atoms with Crippen molar-refractivity contribution in [2.24, 2.45) is 0 Å². The van der Waals surface area contributed by atoms with E-state index in [1.165, 1.54) is 131 Å². The minimum Gasteiger partial charge on any atom is -0.309 e. The second-order valence-electron chi connectivity index (χ2n) is 26.0. The maximum atomic E-state index is 2.48. The summed E-state index contributed by atoms with van der Waals surface area (Å²) in [5, 5.41) is 12.2. The van der Waals surface area contributed by atoms with E-state index in [9.17, 15) is 0 Å². The number of hydrogen-bond donors (Lipinski definition) is 0. The third kappa shape index (κ3) is 8.60. The van der Waals surface area contributed by atoms with E-state index in [4.69, 9.17) is 0 Å². The van der Waals surface area contributed by atoms with E-state index in [2.05, 4.69) is 285 Å². The SMILES string of the molecule is CC(C)(C)c1ccc2c(c1)c1cc(C(C)(C)C)ccc1n2-c1ccc(-c2cc(-c3ccc4ccsc4c3)c(-c3ccc(-n4c5ccc(C(C)(C)C)cc5c5cc(C(C)(C)C)ccc54)cc3)cc2-c2ccc3ccsc3c2)cc1. The maximum Gasteiger partial charge on any atom is 0.0541 e. The van der Waals surface area contributed by atoms with Gasteiger partial charge in [0.05, 0.1) is 22.1 Å². The van der Waals surface area contributed by atoms with Crippen molar-refractivity contribution in [1.82, 2.24) is 9.13 Å². The number of thiophene rings is 2. The Morgan fingerprint density at radius 1 is 0.269 bits per heavy atom. The third-order valence-electron chi connectivity index (χ3n) is 16.6. The molecular formula is C74H68N2S2. The molecule has 0 spiro atoms. The number of hydrogen-bond acceptors (Lipinski definition) is 2. The van der Waals surface area contributed by atoms with E-state index in [-0.39, 0.29) is 21.7 Å². The summed E-state index contributed by atoms with van der Waals surface area (Å²) in [6, 6.07) is 70.6. The molecule has 9 aromatic carbocycles. The quantitative estimate of drug-likeness (QED) is 0.157. The molecule has 4 heteroatoms. The van der Waals surface area contributed by atoms with Crippen LogP contribution in [0.2, 0.25) is 0 Å². The third-order valence-corrected chi connectivity index (χ3v) is 18.3. The lowest BCUT2D eigenvalue weighted by Gasteiger charge is -2.20. The fourth-order valence-corrected chi connectivity index (χ4v) is 13.5. The minimum atomic E-state index is 0.0342. The van der Waals surface area contributed by atoms with Crippen molar-refractivity contribution in [3.8, 4) is 55.9 Å². The van der Waals surface area contributed by atoms with E-state index in [1.807, 2.05) is 22.7 Å². The van der Waals surface area contributed by atoms with Gasteiger partial charge in [0.2, 0.25) is 0 Å². The summed E-state index contributed by atoms with van der Waals surface area (Å²) in [6.07, 6.45) is 0. The van der Waals surface area contributed by atoms with Gasteiger partial charge in [-0.05, 0) is 219 Å². The van der Waals surface area contributed by atoms with Crippen LogP contribution >= 0.6 is 22.7 Å². The lowest BCUT2D eigenvalue weighted by Crippen LogP contribution is -2.10. The van der Waals surface area contributed by atoms with Crippen molar-refractivity contribution in [2.75, 3.05) is 0 Å². The van der Waals surface area contributed by atoms with Crippen molar-refractivity contribution < 1.29 is 0 Å². The van der Waals surface area contributed by atoms with Gasteiger partial charge in [0, 0.05) is 42.3 Å². The van der Waals surface area contributed by atoms with Gasteiger partial charge >= 0.3 is 0 Å². The van der Waals surface area contributed by atoms with E-state index >= 15 is 0 Å². The molecule has 4 heterocycles.